The van der Waals surface area contributed by atoms with E-state index in [1.807, 2.05) is 6.07 Å². The summed E-state index contributed by atoms with van der Waals surface area (Å²) in [6.07, 6.45) is 0.437. The van der Waals surface area contributed by atoms with Crippen LogP contribution in [0, 0.1) is 11.3 Å². The Labute approximate surface area is 102 Å². The Morgan fingerprint density at radius 3 is 2.69 bits per heavy atom. The Kier molecular flexibility index (Phi) is 5.37. The molecular formula is C11H11BrN2O2. The van der Waals surface area contributed by atoms with Gasteiger partial charge in [0.1, 0.15) is 11.8 Å². The summed E-state index contributed by atoms with van der Waals surface area (Å²) < 4.78 is 5.08. The smallest absolute Gasteiger partial charge is 0.225 e. The maximum absolute atomic E-state index is 11.3. The van der Waals surface area contributed by atoms with Crippen LogP contribution in [0.3, 0.4) is 0 Å². The highest BCUT2D eigenvalue weighted by Crippen LogP contribution is 2.15. The molecule has 0 aromatic heterocycles. The van der Waals surface area contributed by atoms with Crippen molar-refractivity contribution in [3.63, 3.8) is 0 Å². The zero-order valence-corrected chi connectivity index (χ0v) is 10.2. The van der Waals surface area contributed by atoms with Crippen LogP contribution in [0.15, 0.2) is 24.3 Å². The molecule has 0 heterocycles. The van der Waals surface area contributed by atoms with Crippen molar-refractivity contribution in [1.29, 1.82) is 5.26 Å². The quantitative estimate of drug-likeness (QED) is 0.843. The summed E-state index contributed by atoms with van der Waals surface area (Å²) >= 11 is 3.19. The Bertz CT molecular complexity index is 384. The van der Waals surface area contributed by atoms with E-state index in [9.17, 15) is 4.79 Å². The molecule has 1 aromatic rings. The van der Waals surface area contributed by atoms with Crippen LogP contribution < -0.4 is 10.1 Å². The number of carbonyl (C=O) groups is 1. The minimum Gasteiger partial charge on any atom is -0.479 e. The number of anilines is 1. The molecule has 0 fully saturated rings. The van der Waals surface area contributed by atoms with Crippen LogP contribution in [0.25, 0.3) is 0 Å². The largest absolute Gasteiger partial charge is 0.479 e. The number of ether oxygens (including phenoxy) is 1. The highest BCUT2D eigenvalue weighted by atomic mass is 79.9. The van der Waals surface area contributed by atoms with Crippen molar-refractivity contribution >= 4 is 27.5 Å². The maximum atomic E-state index is 11.3. The van der Waals surface area contributed by atoms with Crippen LogP contribution in [-0.4, -0.2) is 17.8 Å². The summed E-state index contributed by atoms with van der Waals surface area (Å²) in [5, 5.41) is 11.7. The van der Waals surface area contributed by atoms with Crippen molar-refractivity contribution in [2.45, 2.75) is 6.42 Å². The van der Waals surface area contributed by atoms with Gasteiger partial charge in [-0.15, -0.1) is 0 Å². The van der Waals surface area contributed by atoms with Crippen molar-refractivity contribution in [3.05, 3.63) is 24.3 Å². The Morgan fingerprint density at radius 2 is 2.12 bits per heavy atom. The van der Waals surface area contributed by atoms with Crippen LogP contribution in [0.4, 0.5) is 5.69 Å². The number of hydrogen-bond donors (Lipinski definition) is 1. The summed E-state index contributed by atoms with van der Waals surface area (Å²) in [7, 11) is 0. The lowest BCUT2D eigenvalue weighted by molar-refractivity contribution is -0.115. The number of amides is 1. The Morgan fingerprint density at radius 1 is 1.44 bits per heavy atom. The molecule has 0 unspecified atom stereocenters. The Hall–Kier alpha value is -1.54. The molecule has 1 aromatic carbocycles. The topological polar surface area (TPSA) is 62.1 Å². The average Bonchev–Trinajstić information content (AvgIpc) is 2.28. The lowest BCUT2D eigenvalue weighted by Crippen LogP contribution is -2.11. The zero-order chi connectivity index (χ0) is 11.8. The first-order valence-electron chi connectivity index (χ1n) is 4.72. The second kappa shape index (κ2) is 6.85. The molecule has 0 aliphatic rings. The number of nitriles is 1. The SMILES string of the molecule is N#CCOc1ccc(NC(=O)CCBr)cc1. The van der Waals surface area contributed by atoms with E-state index in [2.05, 4.69) is 21.2 Å². The van der Waals surface area contributed by atoms with Crippen LogP contribution in [0.2, 0.25) is 0 Å². The highest BCUT2D eigenvalue weighted by Gasteiger charge is 2.01. The van der Waals surface area contributed by atoms with E-state index in [-0.39, 0.29) is 12.5 Å². The fourth-order valence-corrected chi connectivity index (χ4v) is 1.42. The highest BCUT2D eigenvalue weighted by molar-refractivity contribution is 9.09. The van der Waals surface area contributed by atoms with E-state index in [4.69, 9.17) is 10.00 Å². The normalized spacial score (nSPS) is 9.25. The van der Waals surface area contributed by atoms with Crippen molar-refractivity contribution < 1.29 is 9.53 Å². The zero-order valence-electron chi connectivity index (χ0n) is 8.57. The fraction of sp³-hybridized carbons (Fsp3) is 0.273. The van der Waals surface area contributed by atoms with Crippen LogP contribution in [0.5, 0.6) is 5.75 Å². The molecule has 0 bridgehead atoms. The molecular weight excluding hydrogens is 272 g/mol. The van der Waals surface area contributed by atoms with Gasteiger partial charge < -0.3 is 10.1 Å². The number of alkyl halides is 1. The maximum Gasteiger partial charge on any atom is 0.225 e. The molecule has 0 radical (unpaired) electrons. The first-order chi connectivity index (χ1) is 7.76. The lowest BCUT2D eigenvalue weighted by atomic mass is 10.3. The van der Waals surface area contributed by atoms with Crippen molar-refractivity contribution in [1.82, 2.24) is 0 Å². The first-order valence-corrected chi connectivity index (χ1v) is 5.84. The van der Waals surface area contributed by atoms with Gasteiger partial charge in [0.2, 0.25) is 5.91 Å². The van der Waals surface area contributed by atoms with E-state index in [1.54, 1.807) is 24.3 Å². The second-order valence-electron chi connectivity index (χ2n) is 2.96. The summed E-state index contributed by atoms with van der Waals surface area (Å²) in [5.74, 6) is 0.572. The van der Waals surface area contributed by atoms with Gasteiger partial charge in [-0.1, -0.05) is 15.9 Å². The van der Waals surface area contributed by atoms with Gasteiger partial charge in [-0.3, -0.25) is 4.79 Å². The van der Waals surface area contributed by atoms with Crippen molar-refractivity contribution in [2.24, 2.45) is 0 Å². The van der Waals surface area contributed by atoms with Gasteiger partial charge >= 0.3 is 0 Å². The lowest BCUT2D eigenvalue weighted by Gasteiger charge is -2.05. The number of hydrogen-bond acceptors (Lipinski definition) is 3. The predicted octanol–water partition coefficient (Wildman–Crippen LogP) is 2.31. The number of rotatable bonds is 5. The van der Waals surface area contributed by atoms with E-state index < -0.39 is 0 Å². The summed E-state index contributed by atoms with van der Waals surface area (Å²) in [4.78, 5) is 11.3. The van der Waals surface area contributed by atoms with E-state index in [0.717, 1.165) is 5.69 Å². The van der Waals surface area contributed by atoms with Gasteiger partial charge in [0.25, 0.3) is 0 Å². The van der Waals surface area contributed by atoms with E-state index in [1.165, 1.54) is 0 Å². The third-order valence-electron chi connectivity index (χ3n) is 1.76. The van der Waals surface area contributed by atoms with Gasteiger partial charge in [-0.05, 0) is 24.3 Å². The average molecular weight is 283 g/mol. The molecule has 0 aliphatic heterocycles. The molecule has 1 N–H and O–H groups in total. The second-order valence-corrected chi connectivity index (χ2v) is 3.75. The third-order valence-corrected chi connectivity index (χ3v) is 2.16. The monoisotopic (exact) mass is 282 g/mol. The number of nitrogens with zero attached hydrogens (tertiary/aromatic N) is 1. The van der Waals surface area contributed by atoms with Gasteiger partial charge in [-0.25, -0.2) is 0 Å². The minimum atomic E-state index is -0.0393. The molecule has 1 rings (SSSR count). The molecule has 0 saturated carbocycles. The molecule has 5 heteroatoms. The van der Waals surface area contributed by atoms with Crippen LogP contribution >= 0.6 is 15.9 Å². The van der Waals surface area contributed by atoms with Gasteiger partial charge in [0.15, 0.2) is 6.61 Å². The molecule has 0 aliphatic carbocycles. The standard InChI is InChI=1S/C11H11BrN2O2/c12-6-5-11(15)14-9-1-3-10(4-2-9)16-8-7-13/h1-4H,5-6,8H2,(H,14,15). The van der Waals surface area contributed by atoms with Crippen LogP contribution in [0.1, 0.15) is 6.42 Å². The summed E-state index contributed by atoms with van der Waals surface area (Å²) in [6.45, 7) is 0.0231. The molecule has 4 nitrogen and oxygen atoms in total. The van der Waals surface area contributed by atoms with E-state index >= 15 is 0 Å². The number of nitrogens with one attached hydrogen (secondary N) is 1. The number of halogens is 1. The van der Waals surface area contributed by atoms with Gasteiger partial charge in [-0.2, -0.15) is 5.26 Å². The molecule has 0 saturated heterocycles. The molecule has 0 spiro atoms. The third kappa shape index (κ3) is 4.32. The van der Waals surface area contributed by atoms with Gasteiger partial charge in [0.05, 0.1) is 0 Å². The fourth-order valence-electron chi connectivity index (χ4n) is 1.06. The van der Waals surface area contributed by atoms with Crippen molar-refractivity contribution in [3.8, 4) is 11.8 Å². The number of carbonyl (C=O) groups excluding carboxylic acids is 1. The van der Waals surface area contributed by atoms with Crippen LogP contribution in [-0.2, 0) is 4.79 Å². The molecule has 84 valence electrons. The van der Waals surface area contributed by atoms with Gasteiger partial charge in [0, 0.05) is 17.4 Å². The molecule has 0 atom stereocenters. The Balaban J connectivity index is 2.51. The van der Waals surface area contributed by atoms with E-state index in [0.29, 0.717) is 17.5 Å². The predicted molar refractivity (Wildman–Crippen MR) is 64.6 cm³/mol. The van der Waals surface area contributed by atoms with Crippen molar-refractivity contribution in [2.75, 3.05) is 17.3 Å². The molecule has 1 amide bonds. The minimum absolute atomic E-state index is 0.0231. The number of benzene rings is 1. The summed E-state index contributed by atoms with van der Waals surface area (Å²) in [6, 6.07) is 8.77. The first kappa shape index (κ1) is 12.5. The summed E-state index contributed by atoms with van der Waals surface area (Å²) in [5.41, 5.74) is 0.718. The molecule has 16 heavy (non-hydrogen) atoms.